The minimum atomic E-state index is 1.08. The predicted molar refractivity (Wildman–Crippen MR) is 87.7 cm³/mol. The largest absolute Gasteiger partial charge is 0.0619 e. The zero-order chi connectivity index (χ0) is 14.0. The molecule has 0 fully saturated rings. The van der Waals surface area contributed by atoms with Gasteiger partial charge in [0.05, 0.1) is 0 Å². The van der Waals surface area contributed by atoms with Gasteiger partial charge in [-0.05, 0) is 76.4 Å². The summed E-state index contributed by atoms with van der Waals surface area (Å²) in [4.78, 5) is 0. The highest BCUT2D eigenvalue weighted by Gasteiger charge is 2.24. The van der Waals surface area contributed by atoms with Crippen molar-refractivity contribution in [2.24, 2.45) is 0 Å². The van der Waals surface area contributed by atoms with E-state index in [0.29, 0.717) is 0 Å². The fourth-order valence-electron chi connectivity index (χ4n) is 3.96. The lowest BCUT2D eigenvalue weighted by Gasteiger charge is -2.06. The fraction of sp³-hybridized carbons (Fsp3) is 0.143. The van der Waals surface area contributed by atoms with Gasteiger partial charge in [-0.1, -0.05) is 48.0 Å². The molecule has 3 aromatic rings. The van der Waals surface area contributed by atoms with Crippen molar-refractivity contribution in [3.05, 3.63) is 82.4 Å². The molecule has 0 aromatic heterocycles. The molecular formula is C21H16. The standard InChI is InChI=1S/C21H16/c1-13-6-7-19-15(8-13)10-17-12-20-16(11-21(17)19)9-14-4-2-3-5-18(14)20/h2-8,11-12H,9-10H2,1H3. The Balaban J connectivity index is 1.73. The SMILES string of the molecule is Cc1ccc2c(c1)Cc1cc3c(cc1-2)Cc1ccccc1-3. The normalized spacial score (nSPS) is 13.6. The first-order valence-corrected chi connectivity index (χ1v) is 7.63. The molecule has 0 bridgehead atoms. The summed E-state index contributed by atoms with van der Waals surface area (Å²) in [7, 11) is 0. The summed E-state index contributed by atoms with van der Waals surface area (Å²) in [5, 5.41) is 0. The minimum Gasteiger partial charge on any atom is -0.0619 e. The highest BCUT2D eigenvalue weighted by Crippen LogP contribution is 2.44. The summed E-state index contributed by atoms with van der Waals surface area (Å²) < 4.78 is 0. The Morgan fingerprint density at radius 2 is 1.19 bits per heavy atom. The molecule has 21 heavy (non-hydrogen) atoms. The topological polar surface area (TPSA) is 0 Å². The Bertz CT molecular complexity index is 900. The van der Waals surface area contributed by atoms with E-state index in [9.17, 15) is 0 Å². The Hall–Kier alpha value is -2.34. The Kier molecular flexibility index (Phi) is 2.08. The van der Waals surface area contributed by atoms with E-state index >= 15 is 0 Å². The molecular weight excluding hydrogens is 252 g/mol. The van der Waals surface area contributed by atoms with Gasteiger partial charge in [-0.15, -0.1) is 0 Å². The molecule has 100 valence electrons. The average Bonchev–Trinajstić information content (AvgIpc) is 3.01. The molecule has 0 spiro atoms. The van der Waals surface area contributed by atoms with Crippen molar-refractivity contribution in [1.82, 2.24) is 0 Å². The van der Waals surface area contributed by atoms with E-state index in [-0.39, 0.29) is 0 Å². The van der Waals surface area contributed by atoms with Crippen molar-refractivity contribution >= 4 is 0 Å². The first kappa shape index (κ1) is 11.3. The van der Waals surface area contributed by atoms with Crippen LogP contribution in [-0.4, -0.2) is 0 Å². The molecule has 0 heterocycles. The van der Waals surface area contributed by atoms with Crippen molar-refractivity contribution in [2.75, 3.05) is 0 Å². The maximum absolute atomic E-state index is 2.44. The third-order valence-corrected chi connectivity index (χ3v) is 4.95. The average molecular weight is 268 g/mol. The van der Waals surface area contributed by atoms with Gasteiger partial charge in [0.15, 0.2) is 0 Å². The minimum absolute atomic E-state index is 1.08. The first-order chi connectivity index (χ1) is 10.3. The zero-order valence-electron chi connectivity index (χ0n) is 12.1. The number of aryl methyl sites for hydroxylation is 1. The van der Waals surface area contributed by atoms with Crippen LogP contribution in [0.2, 0.25) is 0 Å². The summed E-state index contributed by atoms with van der Waals surface area (Å²) in [6.07, 6.45) is 2.17. The number of hydrogen-bond donors (Lipinski definition) is 0. The van der Waals surface area contributed by atoms with Crippen LogP contribution in [0.5, 0.6) is 0 Å². The molecule has 0 aliphatic heterocycles. The predicted octanol–water partition coefficient (Wildman–Crippen LogP) is 5.14. The Morgan fingerprint density at radius 3 is 2.00 bits per heavy atom. The zero-order valence-corrected chi connectivity index (χ0v) is 12.1. The lowest BCUT2D eigenvalue weighted by Crippen LogP contribution is -1.85. The number of fused-ring (bicyclic) bond motifs is 6. The van der Waals surface area contributed by atoms with Gasteiger partial charge in [0.25, 0.3) is 0 Å². The Labute approximate surface area is 125 Å². The molecule has 5 rings (SSSR count). The van der Waals surface area contributed by atoms with Crippen molar-refractivity contribution in [1.29, 1.82) is 0 Å². The van der Waals surface area contributed by atoms with Crippen molar-refractivity contribution in [3.63, 3.8) is 0 Å². The van der Waals surface area contributed by atoms with Crippen LogP contribution in [0.4, 0.5) is 0 Å². The molecule has 0 heteroatoms. The molecule has 0 nitrogen and oxygen atoms in total. The number of rotatable bonds is 0. The number of benzene rings is 3. The van der Waals surface area contributed by atoms with E-state index in [0.717, 1.165) is 12.8 Å². The van der Waals surface area contributed by atoms with Crippen molar-refractivity contribution < 1.29 is 0 Å². The first-order valence-electron chi connectivity index (χ1n) is 7.63. The van der Waals surface area contributed by atoms with Gasteiger partial charge in [0.2, 0.25) is 0 Å². The van der Waals surface area contributed by atoms with E-state index in [1.165, 1.54) is 50.1 Å². The quantitative estimate of drug-likeness (QED) is 0.365. The molecule has 0 amide bonds. The van der Waals surface area contributed by atoms with Crippen molar-refractivity contribution in [2.45, 2.75) is 19.8 Å². The van der Waals surface area contributed by atoms with Crippen LogP contribution in [0.15, 0.2) is 54.6 Å². The van der Waals surface area contributed by atoms with Crippen LogP contribution in [0, 0.1) is 6.92 Å². The maximum atomic E-state index is 2.44. The fourth-order valence-corrected chi connectivity index (χ4v) is 3.96. The molecule has 0 radical (unpaired) electrons. The van der Waals surface area contributed by atoms with Crippen LogP contribution < -0.4 is 0 Å². The molecule has 0 N–H and O–H groups in total. The maximum Gasteiger partial charge on any atom is -0.00131 e. The van der Waals surface area contributed by atoms with Crippen LogP contribution in [0.1, 0.15) is 27.8 Å². The van der Waals surface area contributed by atoms with E-state index in [1.54, 1.807) is 0 Å². The molecule has 0 saturated heterocycles. The van der Waals surface area contributed by atoms with Gasteiger partial charge in [-0.2, -0.15) is 0 Å². The summed E-state index contributed by atoms with van der Waals surface area (Å²) >= 11 is 0. The monoisotopic (exact) mass is 268 g/mol. The van der Waals surface area contributed by atoms with Crippen molar-refractivity contribution in [3.8, 4) is 22.3 Å². The van der Waals surface area contributed by atoms with Crippen LogP contribution in [0.3, 0.4) is 0 Å². The lowest BCUT2D eigenvalue weighted by molar-refractivity contribution is 1.23. The smallest absolute Gasteiger partial charge is 0.00131 e. The summed E-state index contributed by atoms with van der Waals surface area (Å²) in [5.74, 6) is 0. The second kappa shape index (κ2) is 3.85. The van der Waals surface area contributed by atoms with Gasteiger partial charge in [-0.3, -0.25) is 0 Å². The summed E-state index contributed by atoms with van der Waals surface area (Å²) in [5.41, 5.74) is 13.1. The second-order valence-electron chi connectivity index (χ2n) is 6.34. The Morgan fingerprint density at radius 1 is 0.571 bits per heavy atom. The molecule has 0 atom stereocenters. The third-order valence-electron chi connectivity index (χ3n) is 4.95. The van der Waals surface area contributed by atoms with Gasteiger partial charge in [0.1, 0.15) is 0 Å². The molecule has 0 saturated carbocycles. The van der Waals surface area contributed by atoms with Gasteiger partial charge < -0.3 is 0 Å². The van der Waals surface area contributed by atoms with E-state index in [1.807, 2.05) is 0 Å². The molecule has 2 aliphatic carbocycles. The van der Waals surface area contributed by atoms with Gasteiger partial charge in [0, 0.05) is 0 Å². The van der Waals surface area contributed by atoms with Crippen LogP contribution >= 0.6 is 0 Å². The van der Waals surface area contributed by atoms with Crippen LogP contribution in [-0.2, 0) is 12.8 Å². The summed E-state index contributed by atoms with van der Waals surface area (Å²) in [6.45, 7) is 2.18. The molecule has 2 aliphatic rings. The molecule has 3 aromatic carbocycles. The second-order valence-corrected chi connectivity index (χ2v) is 6.34. The summed E-state index contributed by atoms with van der Waals surface area (Å²) in [6, 6.07) is 20.6. The lowest BCUT2D eigenvalue weighted by atomic mass is 9.98. The van der Waals surface area contributed by atoms with Gasteiger partial charge in [-0.25, -0.2) is 0 Å². The van der Waals surface area contributed by atoms with Crippen LogP contribution in [0.25, 0.3) is 22.3 Å². The highest BCUT2D eigenvalue weighted by molar-refractivity contribution is 5.85. The third kappa shape index (κ3) is 1.50. The van der Waals surface area contributed by atoms with Gasteiger partial charge >= 0.3 is 0 Å². The molecule has 0 unspecified atom stereocenters. The van der Waals surface area contributed by atoms with E-state index < -0.39 is 0 Å². The number of hydrogen-bond acceptors (Lipinski definition) is 0. The highest BCUT2D eigenvalue weighted by atomic mass is 14.3. The van der Waals surface area contributed by atoms with E-state index in [2.05, 4.69) is 61.5 Å². The van der Waals surface area contributed by atoms with E-state index in [4.69, 9.17) is 0 Å².